The first-order valence-electron chi connectivity index (χ1n) is 7.45. The topological polar surface area (TPSA) is 114 Å². The molecular weight excluding hydrogens is 345 g/mol. The Morgan fingerprint density at radius 2 is 1.81 bits per heavy atom. The molecule has 0 heterocycles. The summed E-state index contributed by atoms with van der Waals surface area (Å²) < 4.78 is 17.7. The minimum Gasteiger partial charge on any atom is -0.505 e. The lowest BCUT2D eigenvalue weighted by molar-refractivity contribution is -0.384. The van der Waals surface area contributed by atoms with Crippen LogP contribution in [0.5, 0.6) is 0 Å². The fourth-order valence-electron chi connectivity index (χ4n) is 1.88. The Hall–Kier alpha value is -3.62. The molecule has 8 nitrogen and oxygen atoms in total. The van der Waals surface area contributed by atoms with E-state index in [1.807, 2.05) is 0 Å². The number of hydrogen-bond donors (Lipinski definition) is 1. The minimum absolute atomic E-state index is 0.0436. The third kappa shape index (κ3) is 4.69. The van der Waals surface area contributed by atoms with Gasteiger partial charge in [0.1, 0.15) is 5.82 Å². The van der Waals surface area contributed by atoms with Gasteiger partial charge in [-0.2, -0.15) is 5.11 Å². The van der Waals surface area contributed by atoms with Crippen LogP contribution in [0.2, 0.25) is 0 Å². The number of nitro groups is 1. The Bertz CT molecular complexity index is 861. The lowest BCUT2D eigenvalue weighted by Crippen LogP contribution is -2.08. The van der Waals surface area contributed by atoms with Crippen LogP contribution in [-0.2, 0) is 9.53 Å². The summed E-state index contributed by atoms with van der Waals surface area (Å²) in [5.74, 6) is -1.93. The molecule has 0 aliphatic heterocycles. The predicted molar refractivity (Wildman–Crippen MR) is 90.2 cm³/mol. The largest absolute Gasteiger partial charge is 0.505 e. The summed E-state index contributed by atoms with van der Waals surface area (Å²) in [6.07, 6.45) is 0. The molecule has 0 aliphatic carbocycles. The van der Waals surface area contributed by atoms with Crippen molar-refractivity contribution in [1.29, 1.82) is 0 Å². The van der Waals surface area contributed by atoms with E-state index in [1.54, 1.807) is 6.92 Å². The molecule has 0 atom stereocenters. The highest BCUT2D eigenvalue weighted by Crippen LogP contribution is 2.23. The molecule has 0 saturated heterocycles. The van der Waals surface area contributed by atoms with Crippen molar-refractivity contribution in [3.05, 3.63) is 75.7 Å². The first kappa shape index (κ1) is 18.7. The van der Waals surface area contributed by atoms with Gasteiger partial charge in [0.25, 0.3) is 5.69 Å². The number of halogens is 1. The smallest absolute Gasteiger partial charge is 0.362 e. The van der Waals surface area contributed by atoms with E-state index in [4.69, 9.17) is 4.74 Å². The van der Waals surface area contributed by atoms with Crippen LogP contribution in [0.1, 0.15) is 12.5 Å². The number of nitro benzene ring substituents is 1. The fraction of sp³-hybridized carbons (Fsp3) is 0.118. The van der Waals surface area contributed by atoms with E-state index in [0.717, 1.165) is 12.1 Å². The average Bonchev–Trinajstić information content (AvgIpc) is 2.63. The molecule has 2 aromatic carbocycles. The number of benzene rings is 2. The number of aliphatic hydroxyl groups excluding tert-OH is 1. The first-order chi connectivity index (χ1) is 12.4. The summed E-state index contributed by atoms with van der Waals surface area (Å²) in [6.45, 7) is 1.62. The molecular formula is C17H14FN3O5. The maximum absolute atomic E-state index is 12.9. The van der Waals surface area contributed by atoms with Gasteiger partial charge in [-0.3, -0.25) is 10.1 Å². The molecule has 134 valence electrons. The zero-order valence-corrected chi connectivity index (χ0v) is 13.6. The zero-order chi connectivity index (χ0) is 19.1. The number of carbonyl (C=O) groups excluding carboxylic acids is 1. The zero-order valence-electron chi connectivity index (χ0n) is 13.6. The number of rotatable bonds is 6. The monoisotopic (exact) mass is 359 g/mol. The van der Waals surface area contributed by atoms with Gasteiger partial charge in [0, 0.05) is 17.7 Å². The van der Waals surface area contributed by atoms with Gasteiger partial charge in [0.15, 0.2) is 5.76 Å². The second kappa shape index (κ2) is 8.47. The molecule has 0 bridgehead atoms. The molecule has 0 aromatic heterocycles. The molecule has 0 fully saturated rings. The van der Waals surface area contributed by atoms with Crippen LogP contribution in [0.25, 0.3) is 5.76 Å². The Morgan fingerprint density at radius 1 is 1.19 bits per heavy atom. The first-order valence-corrected chi connectivity index (χ1v) is 7.45. The number of carbonyl (C=O) groups is 1. The molecule has 0 amide bonds. The Labute approximate surface area is 147 Å². The third-order valence-corrected chi connectivity index (χ3v) is 3.14. The summed E-state index contributed by atoms with van der Waals surface area (Å²) in [4.78, 5) is 22.1. The Balaban J connectivity index is 2.41. The summed E-state index contributed by atoms with van der Waals surface area (Å²) in [5.41, 5.74) is -0.279. The summed E-state index contributed by atoms with van der Waals surface area (Å²) >= 11 is 0. The van der Waals surface area contributed by atoms with Crippen LogP contribution in [0, 0.1) is 15.9 Å². The van der Waals surface area contributed by atoms with E-state index in [1.165, 1.54) is 36.4 Å². The fourth-order valence-corrected chi connectivity index (χ4v) is 1.88. The van der Waals surface area contributed by atoms with Crippen molar-refractivity contribution in [2.24, 2.45) is 10.2 Å². The number of hydrogen-bond acceptors (Lipinski definition) is 7. The average molecular weight is 359 g/mol. The molecule has 9 heteroatoms. The third-order valence-electron chi connectivity index (χ3n) is 3.14. The van der Waals surface area contributed by atoms with Crippen LogP contribution in [-0.4, -0.2) is 22.6 Å². The molecule has 2 aromatic rings. The predicted octanol–water partition coefficient (Wildman–Crippen LogP) is 4.31. The van der Waals surface area contributed by atoms with E-state index in [9.17, 15) is 24.4 Å². The van der Waals surface area contributed by atoms with E-state index in [-0.39, 0.29) is 23.5 Å². The standard InChI is InChI=1S/C17H14FN3O5/c1-2-26-17(23)15(20-19-13-7-5-12(18)6-8-13)16(22)11-3-9-14(10-4-11)21(24)25/h3-10,22H,2H2,1H3. The van der Waals surface area contributed by atoms with Crippen molar-refractivity contribution in [3.63, 3.8) is 0 Å². The van der Waals surface area contributed by atoms with E-state index in [2.05, 4.69) is 10.2 Å². The normalized spacial score (nSPS) is 11.9. The number of aliphatic hydroxyl groups is 1. The van der Waals surface area contributed by atoms with Crippen LogP contribution >= 0.6 is 0 Å². The van der Waals surface area contributed by atoms with Gasteiger partial charge in [-0.1, -0.05) is 0 Å². The number of non-ortho nitro benzene ring substituents is 1. The van der Waals surface area contributed by atoms with Crippen molar-refractivity contribution in [2.75, 3.05) is 6.61 Å². The van der Waals surface area contributed by atoms with Gasteiger partial charge in [-0.15, -0.1) is 5.11 Å². The minimum atomic E-state index is -0.922. The summed E-state index contributed by atoms with van der Waals surface area (Å²) in [6, 6.07) is 9.88. The molecule has 2 rings (SSSR count). The van der Waals surface area contributed by atoms with Crippen LogP contribution < -0.4 is 0 Å². The van der Waals surface area contributed by atoms with Crippen molar-refractivity contribution < 1.29 is 24.0 Å². The van der Waals surface area contributed by atoms with Crippen LogP contribution in [0.3, 0.4) is 0 Å². The van der Waals surface area contributed by atoms with E-state index < -0.39 is 28.2 Å². The lowest BCUT2D eigenvalue weighted by Gasteiger charge is -2.06. The number of nitrogens with zero attached hydrogens (tertiary/aromatic N) is 3. The van der Waals surface area contributed by atoms with Crippen molar-refractivity contribution in [1.82, 2.24) is 0 Å². The van der Waals surface area contributed by atoms with Crippen LogP contribution in [0.15, 0.2) is 64.5 Å². The lowest BCUT2D eigenvalue weighted by atomic mass is 10.1. The second-order valence-corrected chi connectivity index (χ2v) is 4.90. The quantitative estimate of drug-likeness (QED) is 0.206. The molecule has 0 unspecified atom stereocenters. The van der Waals surface area contributed by atoms with Gasteiger partial charge in [-0.25, -0.2) is 9.18 Å². The molecule has 26 heavy (non-hydrogen) atoms. The Morgan fingerprint density at radius 3 is 2.35 bits per heavy atom. The number of ether oxygens (including phenoxy) is 1. The number of azo groups is 1. The Kier molecular flexibility index (Phi) is 6.10. The molecule has 0 radical (unpaired) electrons. The second-order valence-electron chi connectivity index (χ2n) is 4.90. The van der Waals surface area contributed by atoms with E-state index >= 15 is 0 Å². The van der Waals surface area contributed by atoms with Crippen molar-refractivity contribution in [2.45, 2.75) is 6.92 Å². The number of esters is 1. The van der Waals surface area contributed by atoms with E-state index in [0.29, 0.717) is 0 Å². The van der Waals surface area contributed by atoms with Gasteiger partial charge in [-0.05, 0) is 43.3 Å². The maximum atomic E-state index is 12.9. The molecule has 0 spiro atoms. The highest BCUT2D eigenvalue weighted by atomic mass is 19.1. The van der Waals surface area contributed by atoms with Crippen molar-refractivity contribution >= 4 is 23.1 Å². The van der Waals surface area contributed by atoms with Crippen LogP contribution in [0.4, 0.5) is 15.8 Å². The molecule has 1 N–H and O–H groups in total. The summed E-state index contributed by atoms with van der Waals surface area (Å²) in [7, 11) is 0. The van der Waals surface area contributed by atoms with Gasteiger partial charge < -0.3 is 9.84 Å². The van der Waals surface area contributed by atoms with Gasteiger partial charge in [0.2, 0.25) is 5.70 Å². The van der Waals surface area contributed by atoms with Gasteiger partial charge in [0.05, 0.1) is 17.2 Å². The molecule has 0 saturated carbocycles. The maximum Gasteiger partial charge on any atom is 0.362 e. The van der Waals surface area contributed by atoms with Crippen molar-refractivity contribution in [3.8, 4) is 0 Å². The highest BCUT2D eigenvalue weighted by Gasteiger charge is 2.19. The van der Waals surface area contributed by atoms with Gasteiger partial charge >= 0.3 is 5.97 Å². The molecule has 0 aliphatic rings. The summed E-state index contributed by atoms with van der Waals surface area (Å²) in [5, 5.41) is 28.5. The SMILES string of the molecule is CCOC(=O)C(N=Nc1ccc(F)cc1)=C(O)c1ccc([N+](=O)[O-])cc1. The highest BCUT2D eigenvalue weighted by molar-refractivity contribution is 5.95.